The van der Waals surface area contributed by atoms with Gasteiger partial charge in [-0.2, -0.15) is 0 Å². The number of aryl methyl sites for hydroxylation is 1. The van der Waals surface area contributed by atoms with Gasteiger partial charge in [0.05, 0.1) is 12.2 Å². The van der Waals surface area contributed by atoms with Crippen molar-refractivity contribution in [1.29, 1.82) is 0 Å². The van der Waals surface area contributed by atoms with E-state index >= 15 is 0 Å². The molecule has 0 bridgehead atoms. The lowest BCUT2D eigenvalue weighted by Gasteiger charge is -2.19. The number of aromatic nitrogens is 3. The minimum Gasteiger partial charge on any atom is -0.512 e. The number of carboxylic acid groups (broad SMARTS) is 1. The monoisotopic (exact) mass is 629 g/mol. The summed E-state index contributed by atoms with van der Waals surface area (Å²) in [6.45, 7) is 12.0. The first-order valence-electron chi connectivity index (χ1n) is 14.6. The first-order valence-corrected chi connectivity index (χ1v) is 14.6. The van der Waals surface area contributed by atoms with Gasteiger partial charge < -0.3 is 24.4 Å². The number of allylic oxidation sites excluding steroid dienone is 1. The van der Waals surface area contributed by atoms with Crippen LogP contribution in [0.15, 0.2) is 96.3 Å². The SMILES string of the molecule is C=C(C)C(=O)OCCc1ccc(OC(=O)OC(C)(C)C)c(-n2nc3ccccc3n2)c1.CC(C(=O)O)=C(O)CCc1ccccc1. The molecule has 0 radical (unpaired) electrons. The molecule has 4 aromatic rings. The lowest BCUT2D eigenvalue weighted by Crippen LogP contribution is -2.26. The number of fused-ring (bicyclic) bond motifs is 1. The standard InChI is InChI=1S/C23H25N3O5.C12H14O3/c1-15(2)21(27)29-13-12-16-10-11-20(30-22(28)31-23(3,4)5)19(14-16)26-24-17-8-6-7-9-18(17)25-26;1-9(12(14)15)11(13)8-7-10-5-3-2-4-6-10/h6-11,14H,1,12-13H2,2-5H3;2-6,13H,7-8H2,1H3,(H,14,15). The van der Waals surface area contributed by atoms with Gasteiger partial charge in [0.25, 0.3) is 0 Å². The lowest BCUT2D eigenvalue weighted by molar-refractivity contribution is -0.138. The number of hydrogen-bond acceptors (Lipinski definition) is 9. The van der Waals surface area contributed by atoms with Crippen molar-refractivity contribution < 1.29 is 38.8 Å². The molecule has 242 valence electrons. The van der Waals surface area contributed by atoms with E-state index in [0.717, 1.165) is 11.1 Å². The zero-order chi connectivity index (χ0) is 33.9. The number of ether oxygens (including phenoxy) is 3. The Morgan fingerprint density at radius 3 is 2.02 bits per heavy atom. The van der Waals surface area contributed by atoms with Crippen molar-refractivity contribution in [2.45, 2.75) is 59.5 Å². The summed E-state index contributed by atoms with van der Waals surface area (Å²) in [6, 6.07) is 22.3. The van der Waals surface area contributed by atoms with E-state index in [1.54, 1.807) is 45.9 Å². The minimum atomic E-state index is -1.07. The average molecular weight is 630 g/mol. The molecule has 0 unspecified atom stereocenters. The van der Waals surface area contributed by atoms with Gasteiger partial charge >= 0.3 is 18.1 Å². The van der Waals surface area contributed by atoms with Crippen LogP contribution in [0.5, 0.6) is 5.75 Å². The zero-order valence-corrected chi connectivity index (χ0v) is 26.6. The maximum Gasteiger partial charge on any atom is 0.514 e. The summed E-state index contributed by atoms with van der Waals surface area (Å²) in [5, 5.41) is 27.0. The number of nitrogens with zero attached hydrogens (tertiary/aromatic N) is 3. The van der Waals surface area contributed by atoms with Crippen molar-refractivity contribution in [1.82, 2.24) is 15.0 Å². The largest absolute Gasteiger partial charge is 0.514 e. The molecule has 0 amide bonds. The zero-order valence-electron chi connectivity index (χ0n) is 26.6. The maximum atomic E-state index is 12.2. The molecular weight excluding hydrogens is 590 g/mol. The second-order valence-electron chi connectivity index (χ2n) is 11.4. The molecule has 0 aliphatic rings. The van der Waals surface area contributed by atoms with Crippen LogP contribution < -0.4 is 4.74 Å². The smallest absolute Gasteiger partial charge is 0.512 e. The molecule has 2 N–H and O–H groups in total. The highest BCUT2D eigenvalue weighted by Crippen LogP contribution is 2.26. The maximum absolute atomic E-state index is 12.2. The van der Waals surface area contributed by atoms with Gasteiger partial charge in [0, 0.05) is 18.4 Å². The van der Waals surface area contributed by atoms with Crippen molar-refractivity contribution in [3.8, 4) is 11.4 Å². The summed E-state index contributed by atoms with van der Waals surface area (Å²) in [7, 11) is 0. The van der Waals surface area contributed by atoms with Crippen LogP contribution in [-0.2, 0) is 31.9 Å². The molecule has 1 aromatic heterocycles. The third-order valence-corrected chi connectivity index (χ3v) is 6.33. The topological polar surface area (TPSA) is 150 Å². The van der Waals surface area contributed by atoms with E-state index in [4.69, 9.17) is 19.3 Å². The van der Waals surface area contributed by atoms with Crippen molar-refractivity contribution in [2.24, 2.45) is 0 Å². The molecule has 0 saturated carbocycles. The normalized spacial score (nSPS) is 11.5. The third-order valence-electron chi connectivity index (χ3n) is 6.33. The molecule has 1 heterocycles. The van der Waals surface area contributed by atoms with Gasteiger partial charge in [-0.1, -0.05) is 55.1 Å². The van der Waals surface area contributed by atoms with Gasteiger partial charge in [0.1, 0.15) is 28.1 Å². The summed E-state index contributed by atoms with van der Waals surface area (Å²) in [6.07, 6.45) is 0.646. The fraction of sp³-hybridized carbons (Fsp3) is 0.286. The van der Waals surface area contributed by atoms with Crippen LogP contribution in [0.4, 0.5) is 4.79 Å². The third kappa shape index (κ3) is 10.9. The number of rotatable bonds is 10. The Kier molecular flexibility index (Phi) is 12.2. The Morgan fingerprint density at radius 2 is 1.46 bits per heavy atom. The molecule has 46 heavy (non-hydrogen) atoms. The van der Waals surface area contributed by atoms with Gasteiger partial charge in [-0.3, -0.25) is 0 Å². The fourth-order valence-corrected chi connectivity index (χ4v) is 3.89. The van der Waals surface area contributed by atoms with Crippen molar-refractivity contribution in [3.63, 3.8) is 0 Å². The van der Waals surface area contributed by atoms with E-state index in [2.05, 4.69) is 16.8 Å². The van der Waals surface area contributed by atoms with Gasteiger partial charge in [-0.15, -0.1) is 15.0 Å². The van der Waals surface area contributed by atoms with Gasteiger partial charge in [0.2, 0.25) is 0 Å². The molecule has 3 aromatic carbocycles. The summed E-state index contributed by atoms with van der Waals surface area (Å²) in [4.78, 5) is 35.8. The number of carboxylic acids is 1. The lowest BCUT2D eigenvalue weighted by atomic mass is 10.1. The van der Waals surface area contributed by atoms with Crippen LogP contribution in [-0.4, -0.2) is 55.5 Å². The fourth-order valence-electron chi connectivity index (χ4n) is 3.89. The second kappa shape index (κ2) is 16.0. The Hall–Kier alpha value is -5.45. The van der Waals surface area contributed by atoms with Crippen molar-refractivity contribution >= 4 is 29.1 Å². The Bertz CT molecular complexity index is 1690. The van der Waals surface area contributed by atoms with Gasteiger partial charge in [0.15, 0.2) is 5.75 Å². The Morgan fingerprint density at radius 1 is 0.848 bits per heavy atom. The number of carbonyl (C=O) groups is 3. The van der Waals surface area contributed by atoms with Crippen LogP contribution >= 0.6 is 0 Å². The number of esters is 1. The second-order valence-corrected chi connectivity index (χ2v) is 11.4. The van der Waals surface area contributed by atoms with Gasteiger partial charge in [-0.25, -0.2) is 14.4 Å². The molecule has 0 saturated heterocycles. The van der Waals surface area contributed by atoms with Crippen molar-refractivity contribution in [2.75, 3.05) is 6.61 Å². The number of aliphatic hydroxyl groups excluding tert-OH is 1. The minimum absolute atomic E-state index is 0.0194. The van der Waals surface area contributed by atoms with Crippen molar-refractivity contribution in [3.05, 3.63) is 107 Å². The number of aliphatic hydroxyl groups is 1. The molecular formula is C35H39N3O8. The van der Waals surface area contributed by atoms with E-state index in [0.29, 0.717) is 41.6 Å². The molecule has 11 heteroatoms. The number of benzene rings is 3. The molecule has 4 rings (SSSR count). The quantitative estimate of drug-likeness (QED) is 0.0818. The molecule has 0 aliphatic carbocycles. The predicted molar refractivity (Wildman–Crippen MR) is 173 cm³/mol. The van der Waals surface area contributed by atoms with Crippen LogP contribution in [0.3, 0.4) is 0 Å². The molecule has 11 nitrogen and oxygen atoms in total. The first kappa shape index (κ1) is 35.0. The van der Waals surface area contributed by atoms with Crippen LogP contribution in [0.25, 0.3) is 16.7 Å². The molecule has 0 spiro atoms. The highest BCUT2D eigenvalue weighted by molar-refractivity contribution is 5.87. The highest BCUT2D eigenvalue weighted by Gasteiger charge is 2.21. The summed E-state index contributed by atoms with van der Waals surface area (Å²) in [5.74, 6) is -1.31. The molecule has 0 fully saturated rings. The van der Waals surface area contributed by atoms with E-state index in [1.165, 1.54) is 11.7 Å². The highest BCUT2D eigenvalue weighted by atomic mass is 16.7. The first-order chi connectivity index (χ1) is 21.7. The summed E-state index contributed by atoms with van der Waals surface area (Å²) in [5.41, 5.74) is 3.47. The predicted octanol–water partition coefficient (Wildman–Crippen LogP) is 6.93. The summed E-state index contributed by atoms with van der Waals surface area (Å²) < 4.78 is 15.9. The van der Waals surface area contributed by atoms with E-state index in [1.807, 2.05) is 54.6 Å². The average Bonchev–Trinajstić information content (AvgIpc) is 3.44. The van der Waals surface area contributed by atoms with E-state index in [9.17, 15) is 19.5 Å². The van der Waals surface area contributed by atoms with Gasteiger partial charge in [-0.05, 0) is 76.4 Å². The summed E-state index contributed by atoms with van der Waals surface area (Å²) >= 11 is 0. The molecule has 0 atom stereocenters. The van der Waals surface area contributed by atoms with Crippen LogP contribution in [0.2, 0.25) is 0 Å². The van der Waals surface area contributed by atoms with E-state index in [-0.39, 0.29) is 23.7 Å². The number of carbonyl (C=O) groups excluding carboxylic acids is 2. The van der Waals surface area contributed by atoms with E-state index < -0.39 is 23.7 Å². The number of hydrogen-bond donors (Lipinski definition) is 2. The Balaban J connectivity index is 0.000000322. The van der Waals surface area contributed by atoms with Crippen LogP contribution in [0, 0.1) is 0 Å². The molecule has 0 aliphatic heterocycles. The Labute approximate surface area is 267 Å². The number of aliphatic carboxylic acids is 1. The van der Waals surface area contributed by atoms with Crippen LogP contribution in [0.1, 0.15) is 52.2 Å².